The fourth-order valence-corrected chi connectivity index (χ4v) is 2.82. The maximum absolute atomic E-state index is 6.13. The molecule has 1 aliphatic heterocycles. The van der Waals surface area contributed by atoms with Crippen molar-refractivity contribution in [2.45, 2.75) is 25.7 Å². The molecule has 18 heavy (non-hydrogen) atoms. The average Bonchev–Trinajstić information content (AvgIpc) is 2.82. The lowest BCUT2D eigenvalue weighted by atomic mass is 10.1. The highest BCUT2D eigenvalue weighted by Gasteiger charge is 2.11. The van der Waals surface area contributed by atoms with Crippen molar-refractivity contribution >= 4 is 17.2 Å². The lowest BCUT2D eigenvalue weighted by Crippen LogP contribution is -2.31. The average molecular weight is 264 g/mol. The molecule has 3 heterocycles. The minimum Gasteiger partial charge on any atom is -0.306 e. The molecule has 0 unspecified atom stereocenters. The van der Waals surface area contributed by atoms with Crippen molar-refractivity contribution in [2.75, 3.05) is 19.6 Å². The largest absolute Gasteiger partial charge is 0.306 e. The van der Waals surface area contributed by atoms with Crippen LogP contribution in [-0.2, 0) is 6.42 Å². The molecule has 96 valence electrons. The van der Waals surface area contributed by atoms with Gasteiger partial charge in [0.05, 0.1) is 10.7 Å². The quantitative estimate of drug-likeness (QED) is 0.849. The summed E-state index contributed by atoms with van der Waals surface area (Å²) in [6.07, 6.45) is 9.18. The molecule has 0 aliphatic carbocycles. The Morgan fingerprint density at radius 1 is 1.22 bits per heavy atom. The Labute approximate surface area is 112 Å². The molecule has 3 rings (SSSR count). The summed E-state index contributed by atoms with van der Waals surface area (Å²) < 4.78 is 2.01. The molecular weight excluding hydrogens is 246 g/mol. The van der Waals surface area contributed by atoms with E-state index in [0.717, 1.165) is 29.3 Å². The van der Waals surface area contributed by atoms with Crippen LogP contribution in [-0.4, -0.2) is 33.9 Å². The second-order valence-corrected chi connectivity index (χ2v) is 5.38. The number of rotatable bonds is 3. The van der Waals surface area contributed by atoms with E-state index in [1.165, 1.54) is 32.4 Å². The Morgan fingerprint density at radius 3 is 2.83 bits per heavy atom. The van der Waals surface area contributed by atoms with Gasteiger partial charge in [0.15, 0.2) is 5.65 Å². The number of piperidine rings is 1. The zero-order valence-corrected chi connectivity index (χ0v) is 11.2. The summed E-state index contributed by atoms with van der Waals surface area (Å²) in [5, 5.41) is 0.724. The zero-order valence-electron chi connectivity index (χ0n) is 10.5. The van der Waals surface area contributed by atoms with Crippen molar-refractivity contribution in [3.05, 3.63) is 35.2 Å². The minimum absolute atomic E-state index is 0.724. The SMILES string of the molecule is Clc1cccn2cc(CCN3CCCCC3)nc12. The van der Waals surface area contributed by atoms with E-state index in [1.807, 2.05) is 22.7 Å². The lowest BCUT2D eigenvalue weighted by molar-refractivity contribution is 0.231. The van der Waals surface area contributed by atoms with E-state index in [4.69, 9.17) is 11.6 Å². The molecule has 0 spiro atoms. The molecule has 0 saturated carbocycles. The van der Waals surface area contributed by atoms with Crippen molar-refractivity contribution in [3.8, 4) is 0 Å². The second-order valence-electron chi connectivity index (χ2n) is 4.97. The number of fused-ring (bicyclic) bond motifs is 1. The van der Waals surface area contributed by atoms with Crippen LogP contribution in [0.1, 0.15) is 25.0 Å². The predicted octanol–water partition coefficient (Wildman–Crippen LogP) is 3.02. The van der Waals surface area contributed by atoms with Crippen LogP contribution >= 0.6 is 11.6 Å². The number of imidazole rings is 1. The maximum Gasteiger partial charge on any atom is 0.155 e. The summed E-state index contributed by atoms with van der Waals surface area (Å²) >= 11 is 6.13. The number of hydrogen-bond donors (Lipinski definition) is 0. The molecule has 0 aromatic carbocycles. The molecule has 2 aromatic heterocycles. The smallest absolute Gasteiger partial charge is 0.155 e. The van der Waals surface area contributed by atoms with Crippen LogP contribution in [0.3, 0.4) is 0 Å². The monoisotopic (exact) mass is 263 g/mol. The Morgan fingerprint density at radius 2 is 2.06 bits per heavy atom. The summed E-state index contributed by atoms with van der Waals surface area (Å²) in [5.74, 6) is 0. The van der Waals surface area contributed by atoms with Crippen LogP contribution in [0.2, 0.25) is 5.02 Å². The first-order chi connectivity index (χ1) is 8.83. The molecule has 0 radical (unpaired) electrons. The van der Waals surface area contributed by atoms with E-state index in [-0.39, 0.29) is 0 Å². The van der Waals surface area contributed by atoms with E-state index in [0.29, 0.717) is 0 Å². The summed E-state index contributed by atoms with van der Waals surface area (Å²) in [7, 11) is 0. The number of hydrogen-bond acceptors (Lipinski definition) is 2. The van der Waals surface area contributed by atoms with Crippen LogP contribution in [0.15, 0.2) is 24.5 Å². The highest BCUT2D eigenvalue weighted by Crippen LogP contribution is 2.17. The van der Waals surface area contributed by atoms with E-state index < -0.39 is 0 Å². The molecular formula is C14H18ClN3. The highest BCUT2D eigenvalue weighted by molar-refractivity contribution is 6.33. The molecule has 0 bridgehead atoms. The van der Waals surface area contributed by atoms with Crippen LogP contribution in [0.4, 0.5) is 0 Å². The topological polar surface area (TPSA) is 20.5 Å². The molecule has 0 atom stereocenters. The van der Waals surface area contributed by atoms with Gasteiger partial charge in [-0.1, -0.05) is 18.0 Å². The van der Waals surface area contributed by atoms with Crippen LogP contribution in [0, 0.1) is 0 Å². The van der Waals surface area contributed by atoms with Gasteiger partial charge in [-0.2, -0.15) is 0 Å². The Kier molecular flexibility index (Phi) is 3.52. The van der Waals surface area contributed by atoms with E-state index in [2.05, 4.69) is 16.1 Å². The molecule has 4 heteroatoms. The molecule has 3 nitrogen and oxygen atoms in total. The van der Waals surface area contributed by atoms with Crippen LogP contribution < -0.4 is 0 Å². The normalized spacial score (nSPS) is 17.4. The first kappa shape index (κ1) is 12.0. The molecule has 0 amide bonds. The van der Waals surface area contributed by atoms with Gasteiger partial charge >= 0.3 is 0 Å². The summed E-state index contributed by atoms with van der Waals surface area (Å²) in [6.45, 7) is 3.60. The highest BCUT2D eigenvalue weighted by atomic mass is 35.5. The summed E-state index contributed by atoms with van der Waals surface area (Å²) in [4.78, 5) is 7.14. The van der Waals surface area contributed by atoms with Crippen molar-refractivity contribution < 1.29 is 0 Å². The van der Waals surface area contributed by atoms with E-state index >= 15 is 0 Å². The standard InChI is InChI=1S/C14H18ClN3/c15-13-5-4-9-18-11-12(16-14(13)18)6-10-17-7-2-1-3-8-17/h4-5,9,11H,1-3,6-8,10H2. The Bertz CT molecular complexity index is 529. The van der Waals surface area contributed by atoms with Crippen molar-refractivity contribution in [2.24, 2.45) is 0 Å². The van der Waals surface area contributed by atoms with E-state index in [9.17, 15) is 0 Å². The van der Waals surface area contributed by atoms with Crippen molar-refractivity contribution in [1.82, 2.24) is 14.3 Å². The number of aromatic nitrogens is 2. The number of likely N-dealkylation sites (tertiary alicyclic amines) is 1. The van der Waals surface area contributed by atoms with Gasteiger partial charge < -0.3 is 9.30 Å². The van der Waals surface area contributed by atoms with Gasteiger partial charge in [0, 0.05) is 25.4 Å². The number of pyridine rings is 1. The molecule has 1 aliphatic rings. The number of nitrogens with zero attached hydrogens (tertiary/aromatic N) is 3. The second kappa shape index (κ2) is 5.29. The molecule has 2 aromatic rings. The van der Waals surface area contributed by atoms with Gasteiger partial charge in [0.2, 0.25) is 0 Å². The van der Waals surface area contributed by atoms with Gasteiger partial charge in [-0.05, 0) is 38.1 Å². The fraction of sp³-hybridized carbons (Fsp3) is 0.500. The van der Waals surface area contributed by atoms with Gasteiger partial charge in [0.1, 0.15) is 0 Å². The third kappa shape index (κ3) is 2.52. The molecule has 1 saturated heterocycles. The van der Waals surface area contributed by atoms with Gasteiger partial charge in [-0.25, -0.2) is 4.98 Å². The Balaban J connectivity index is 1.69. The summed E-state index contributed by atoms with van der Waals surface area (Å²) in [6, 6.07) is 3.84. The molecule has 0 N–H and O–H groups in total. The summed E-state index contributed by atoms with van der Waals surface area (Å²) in [5.41, 5.74) is 2.00. The maximum atomic E-state index is 6.13. The first-order valence-electron chi connectivity index (χ1n) is 6.67. The predicted molar refractivity (Wildman–Crippen MR) is 74.2 cm³/mol. The zero-order chi connectivity index (χ0) is 12.4. The molecule has 1 fully saturated rings. The van der Waals surface area contributed by atoms with Crippen LogP contribution in [0.5, 0.6) is 0 Å². The van der Waals surface area contributed by atoms with E-state index in [1.54, 1.807) is 0 Å². The van der Waals surface area contributed by atoms with Gasteiger partial charge in [-0.3, -0.25) is 0 Å². The van der Waals surface area contributed by atoms with Crippen molar-refractivity contribution in [1.29, 1.82) is 0 Å². The third-order valence-electron chi connectivity index (χ3n) is 3.62. The van der Waals surface area contributed by atoms with Gasteiger partial charge in [-0.15, -0.1) is 0 Å². The first-order valence-corrected chi connectivity index (χ1v) is 7.05. The number of halogens is 1. The Hall–Kier alpha value is -1.06. The minimum atomic E-state index is 0.724. The third-order valence-corrected chi connectivity index (χ3v) is 3.91. The van der Waals surface area contributed by atoms with Crippen LogP contribution in [0.25, 0.3) is 5.65 Å². The van der Waals surface area contributed by atoms with Gasteiger partial charge in [0.25, 0.3) is 0 Å². The fourth-order valence-electron chi connectivity index (χ4n) is 2.61. The lowest BCUT2D eigenvalue weighted by Gasteiger charge is -2.25. The van der Waals surface area contributed by atoms with Crippen molar-refractivity contribution in [3.63, 3.8) is 0 Å².